The van der Waals surface area contributed by atoms with Gasteiger partial charge in [-0.2, -0.15) is 0 Å². The van der Waals surface area contributed by atoms with Crippen molar-refractivity contribution < 1.29 is 22.1 Å². The van der Waals surface area contributed by atoms with Gasteiger partial charge in [-0.15, -0.1) is 0 Å². The summed E-state index contributed by atoms with van der Waals surface area (Å²) in [7, 11) is 4.51. The molecule has 0 aliphatic heterocycles. The molecule has 0 spiro atoms. The van der Waals surface area contributed by atoms with Gasteiger partial charge in [0.25, 0.3) is 0 Å². The minimum atomic E-state index is -2.47. The van der Waals surface area contributed by atoms with E-state index in [0.29, 0.717) is 0 Å². The molecule has 12 heteroatoms. The van der Waals surface area contributed by atoms with E-state index >= 15 is 0 Å². The van der Waals surface area contributed by atoms with Crippen LogP contribution in [-0.4, -0.2) is 107 Å². The van der Waals surface area contributed by atoms with Crippen molar-refractivity contribution in [1.29, 1.82) is 0 Å². The summed E-state index contributed by atoms with van der Waals surface area (Å²) in [4.78, 5) is 2.64. The number of hydrogen-bond donors (Lipinski definition) is 1. The van der Waals surface area contributed by atoms with E-state index in [1.807, 2.05) is 0 Å². The summed E-state index contributed by atoms with van der Waals surface area (Å²) in [5.74, 6) is 0. The number of nitrogens with zero attached hydrogens (tertiary/aromatic N) is 1. The van der Waals surface area contributed by atoms with Gasteiger partial charge >= 0.3 is 18.1 Å². The first kappa shape index (κ1) is 37.9. The second-order valence-corrected chi connectivity index (χ2v) is 22.0. The highest BCUT2D eigenvalue weighted by atomic mass is 28.4. The smallest absolute Gasteiger partial charge is 0.397 e. The van der Waals surface area contributed by atoms with E-state index in [0.717, 1.165) is 66.7 Å². The monoisotopic (exact) mass is 641 g/mol. The summed E-state index contributed by atoms with van der Waals surface area (Å²) < 4.78 is 28.0. The fourth-order valence-corrected chi connectivity index (χ4v) is 12.8. The lowest BCUT2D eigenvalue weighted by atomic mass is 9.97. The van der Waals surface area contributed by atoms with Crippen molar-refractivity contribution >= 4 is 61.3 Å². The fourth-order valence-electron chi connectivity index (χ4n) is 5.61. The van der Waals surface area contributed by atoms with Gasteiger partial charge in [-0.3, -0.25) is 0 Å². The van der Waals surface area contributed by atoms with Gasteiger partial charge in [0.05, 0.1) is 27.1 Å². The van der Waals surface area contributed by atoms with Crippen LogP contribution in [0.25, 0.3) is 0 Å². The SMILES string of the molecule is CCN(CC)c1c(CC[Si]CNCCC[Si](OC)(OC)OC)c([Si](C)C)c(CC[Si](OC)OC)c(C)c1[Si](C)C. The van der Waals surface area contributed by atoms with Crippen molar-refractivity contribution in [2.45, 2.75) is 84.4 Å². The zero-order valence-electron chi connectivity index (χ0n) is 27.6. The van der Waals surface area contributed by atoms with Crippen molar-refractivity contribution in [2.24, 2.45) is 0 Å². The predicted octanol–water partition coefficient (Wildman–Crippen LogP) is 3.57. The summed E-state index contributed by atoms with van der Waals surface area (Å²) in [5, 5.41) is 6.99. The maximum atomic E-state index is 5.69. The molecule has 229 valence electrons. The molecule has 7 nitrogen and oxygen atoms in total. The van der Waals surface area contributed by atoms with Crippen molar-refractivity contribution in [3.05, 3.63) is 16.7 Å². The molecule has 1 aromatic carbocycles. The van der Waals surface area contributed by atoms with Crippen molar-refractivity contribution in [3.63, 3.8) is 0 Å². The van der Waals surface area contributed by atoms with Crippen LogP contribution in [0.5, 0.6) is 0 Å². The Morgan fingerprint density at radius 1 is 0.825 bits per heavy atom. The normalized spacial score (nSPS) is 12.4. The third-order valence-electron chi connectivity index (χ3n) is 7.64. The van der Waals surface area contributed by atoms with Crippen molar-refractivity contribution in [1.82, 2.24) is 5.32 Å². The molecule has 0 saturated heterocycles. The predicted molar refractivity (Wildman–Crippen MR) is 181 cm³/mol. The molecule has 0 unspecified atom stereocenters. The molecule has 0 aromatic heterocycles. The maximum absolute atomic E-state index is 5.69. The summed E-state index contributed by atoms with van der Waals surface area (Å²) in [6.07, 6.45) is 4.27. The van der Waals surface area contributed by atoms with Crippen LogP contribution >= 0.6 is 0 Å². The molecule has 0 amide bonds. The van der Waals surface area contributed by atoms with Gasteiger partial charge in [0, 0.05) is 60.4 Å². The molecule has 40 heavy (non-hydrogen) atoms. The Bertz CT molecular complexity index is 843. The van der Waals surface area contributed by atoms with Crippen molar-refractivity contribution in [3.8, 4) is 0 Å². The molecular formula is C28H57N2O5Si5. The Kier molecular flexibility index (Phi) is 18.9. The van der Waals surface area contributed by atoms with Crippen molar-refractivity contribution in [2.75, 3.05) is 66.3 Å². The van der Waals surface area contributed by atoms with Gasteiger partial charge in [-0.1, -0.05) is 37.4 Å². The highest BCUT2D eigenvalue weighted by Crippen LogP contribution is 2.26. The van der Waals surface area contributed by atoms with Crippen LogP contribution in [0.1, 0.15) is 37.0 Å². The molecule has 0 aliphatic carbocycles. The maximum Gasteiger partial charge on any atom is 0.500 e. The number of hydrogen-bond acceptors (Lipinski definition) is 7. The minimum Gasteiger partial charge on any atom is -0.397 e. The van der Waals surface area contributed by atoms with Gasteiger partial charge in [-0.25, -0.2) is 0 Å². The third-order valence-corrected chi connectivity index (χ3v) is 16.4. The molecule has 0 atom stereocenters. The van der Waals surface area contributed by atoms with E-state index in [2.05, 4.69) is 57.2 Å². The van der Waals surface area contributed by atoms with Gasteiger partial charge in [-0.05, 0) is 80.7 Å². The van der Waals surface area contributed by atoms with Crippen LogP contribution < -0.4 is 20.6 Å². The summed E-state index contributed by atoms with van der Waals surface area (Å²) >= 11 is 0. The lowest BCUT2D eigenvalue weighted by Crippen LogP contribution is -2.44. The first-order valence-electron chi connectivity index (χ1n) is 14.7. The average Bonchev–Trinajstić information content (AvgIpc) is 2.94. The lowest BCUT2D eigenvalue weighted by molar-refractivity contribution is 0.123. The van der Waals surface area contributed by atoms with Gasteiger partial charge in [0.15, 0.2) is 0 Å². The first-order valence-corrected chi connectivity index (χ1v) is 24.5. The van der Waals surface area contributed by atoms with Crippen LogP contribution in [-0.2, 0) is 35.0 Å². The average molecular weight is 642 g/mol. The highest BCUT2D eigenvalue weighted by Gasteiger charge is 2.36. The Hall–Kier alpha value is -0.136. The largest absolute Gasteiger partial charge is 0.500 e. The summed E-state index contributed by atoms with van der Waals surface area (Å²) in [5.41, 5.74) is 6.38. The van der Waals surface area contributed by atoms with Crippen LogP contribution in [0, 0.1) is 6.92 Å². The molecule has 0 heterocycles. The summed E-state index contributed by atoms with van der Waals surface area (Å²) in [6.45, 7) is 20.0. The molecule has 0 bridgehead atoms. The molecule has 0 aliphatic rings. The number of rotatable bonds is 22. The Labute approximate surface area is 255 Å². The number of nitrogens with one attached hydrogen (secondary N) is 1. The molecule has 1 N–H and O–H groups in total. The highest BCUT2D eigenvalue weighted by molar-refractivity contribution is 6.75. The Morgan fingerprint density at radius 3 is 1.88 bits per heavy atom. The van der Waals surface area contributed by atoms with E-state index in [9.17, 15) is 0 Å². The van der Waals surface area contributed by atoms with Crippen LogP contribution in [0.2, 0.25) is 44.3 Å². The minimum absolute atomic E-state index is 0.656. The van der Waals surface area contributed by atoms with Crippen LogP contribution in [0.3, 0.4) is 0 Å². The molecule has 5 radical (unpaired) electrons. The molecule has 1 rings (SSSR count). The summed E-state index contributed by atoms with van der Waals surface area (Å²) in [6, 6.07) is 3.05. The van der Waals surface area contributed by atoms with E-state index in [4.69, 9.17) is 22.1 Å². The zero-order chi connectivity index (χ0) is 30.3. The van der Waals surface area contributed by atoms with E-state index in [-0.39, 0.29) is 0 Å². The first-order chi connectivity index (χ1) is 19.1. The Morgan fingerprint density at radius 2 is 1.40 bits per heavy atom. The molecule has 0 fully saturated rings. The van der Waals surface area contributed by atoms with E-state index in [1.165, 1.54) is 6.04 Å². The molecule has 0 saturated carbocycles. The number of anilines is 1. The fraction of sp³-hybridized carbons (Fsp3) is 0.786. The topological polar surface area (TPSA) is 61.4 Å². The second kappa shape index (κ2) is 19.9. The standard InChI is InChI=1S/C28H57N2O5Si5/c1-13-30(14-2)26-25(16-19-36-22-29-18-15-21-40(33-6,34-7)35-8)28(38(11)12)24(17-20-39(31-4)32-5)23(3)27(26)37(9)10/h29H,13-22H2,1-12H3. The van der Waals surface area contributed by atoms with Gasteiger partial charge < -0.3 is 32.3 Å². The van der Waals surface area contributed by atoms with E-state index in [1.54, 1.807) is 68.3 Å². The Balaban J connectivity index is 3.21. The zero-order valence-corrected chi connectivity index (χ0v) is 32.6. The van der Waals surface area contributed by atoms with Gasteiger partial charge in [0.1, 0.15) is 0 Å². The van der Waals surface area contributed by atoms with E-state index < -0.39 is 35.7 Å². The van der Waals surface area contributed by atoms with Gasteiger partial charge in [0.2, 0.25) is 0 Å². The third kappa shape index (κ3) is 10.5. The quantitative estimate of drug-likeness (QED) is 0.154. The lowest BCUT2D eigenvalue weighted by Gasteiger charge is -2.34. The second-order valence-electron chi connectivity index (χ2n) is 10.5. The number of benzene rings is 1. The molecule has 1 aromatic rings. The van der Waals surface area contributed by atoms with Crippen LogP contribution in [0.4, 0.5) is 5.69 Å². The molecular weight excluding hydrogens is 585 g/mol. The van der Waals surface area contributed by atoms with Crippen LogP contribution in [0.15, 0.2) is 0 Å².